The highest BCUT2D eigenvalue weighted by Gasteiger charge is 2.30. The summed E-state index contributed by atoms with van der Waals surface area (Å²) >= 11 is 0. The molecule has 0 aliphatic heterocycles. The summed E-state index contributed by atoms with van der Waals surface area (Å²) in [6, 6.07) is 3.07. The van der Waals surface area contributed by atoms with Crippen molar-refractivity contribution in [2.45, 2.75) is 26.1 Å². The Morgan fingerprint density at radius 1 is 1.30 bits per heavy atom. The summed E-state index contributed by atoms with van der Waals surface area (Å²) in [6.07, 6.45) is -3.84. The zero-order valence-electron chi connectivity index (χ0n) is 10.9. The van der Waals surface area contributed by atoms with Crippen molar-refractivity contribution >= 4 is 5.97 Å². The van der Waals surface area contributed by atoms with Gasteiger partial charge in [0.1, 0.15) is 5.82 Å². The number of nitrogens with zero attached hydrogens (tertiary/aromatic N) is 1. The van der Waals surface area contributed by atoms with E-state index in [4.69, 9.17) is 5.11 Å². The number of alkyl halides is 3. The molecule has 0 bridgehead atoms. The number of carbonyl (C=O) groups is 1. The van der Waals surface area contributed by atoms with Gasteiger partial charge in [-0.3, -0.25) is 4.90 Å². The second kappa shape index (κ2) is 6.69. The first-order chi connectivity index (χ1) is 9.21. The van der Waals surface area contributed by atoms with Gasteiger partial charge in [-0.15, -0.1) is 0 Å². The SMILES string of the molecule is CCCN(Cc1cc(F)cc(C(=O)O)c1)CC(F)(F)F. The van der Waals surface area contributed by atoms with Crippen LogP contribution in [0.15, 0.2) is 18.2 Å². The van der Waals surface area contributed by atoms with E-state index in [1.165, 1.54) is 6.07 Å². The summed E-state index contributed by atoms with van der Waals surface area (Å²) in [5.41, 5.74) is -0.0662. The van der Waals surface area contributed by atoms with E-state index >= 15 is 0 Å². The summed E-state index contributed by atoms with van der Waals surface area (Å²) < 4.78 is 50.5. The molecular weight excluding hydrogens is 278 g/mol. The van der Waals surface area contributed by atoms with Gasteiger partial charge in [-0.2, -0.15) is 13.2 Å². The molecular formula is C13H15F4NO2. The van der Waals surface area contributed by atoms with Crippen molar-refractivity contribution in [3.63, 3.8) is 0 Å². The Balaban J connectivity index is 2.90. The molecule has 0 atom stereocenters. The van der Waals surface area contributed by atoms with Crippen LogP contribution < -0.4 is 0 Å². The number of aromatic carboxylic acids is 1. The van der Waals surface area contributed by atoms with E-state index in [1.54, 1.807) is 6.92 Å². The Bertz CT molecular complexity index is 474. The molecule has 112 valence electrons. The lowest BCUT2D eigenvalue weighted by atomic mass is 10.1. The molecule has 1 rings (SSSR count). The van der Waals surface area contributed by atoms with Crippen LogP contribution >= 0.6 is 0 Å². The Kier molecular flexibility index (Phi) is 5.50. The fourth-order valence-corrected chi connectivity index (χ4v) is 1.91. The molecule has 0 fully saturated rings. The zero-order valence-corrected chi connectivity index (χ0v) is 10.9. The van der Waals surface area contributed by atoms with Crippen molar-refractivity contribution < 1.29 is 27.5 Å². The minimum atomic E-state index is -4.35. The van der Waals surface area contributed by atoms with Crippen LogP contribution in [-0.2, 0) is 6.54 Å². The minimum absolute atomic E-state index is 0.147. The minimum Gasteiger partial charge on any atom is -0.478 e. The van der Waals surface area contributed by atoms with Crippen molar-refractivity contribution in [2.24, 2.45) is 0 Å². The molecule has 0 aliphatic carbocycles. The van der Waals surface area contributed by atoms with Gasteiger partial charge < -0.3 is 5.11 Å². The van der Waals surface area contributed by atoms with Gasteiger partial charge in [0.25, 0.3) is 0 Å². The highest BCUT2D eigenvalue weighted by atomic mass is 19.4. The molecule has 0 aromatic heterocycles. The predicted octanol–water partition coefficient (Wildman–Crippen LogP) is 3.30. The molecule has 0 radical (unpaired) electrons. The van der Waals surface area contributed by atoms with Crippen LogP contribution in [0.25, 0.3) is 0 Å². The third-order valence-corrected chi connectivity index (χ3v) is 2.55. The lowest BCUT2D eigenvalue weighted by Gasteiger charge is -2.23. The van der Waals surface area contributed by atoms with E-state index in [0.29, 0.717) is 6.42 Å². The number of rotatable bonds is 6. The maximum Gasteiger partial charge on any atom is 0.401 e. The predicted molar refractivity (Wildman–Crippen MR) is 65.0 cm³/mol. The second-order valence-electron chi connectivity index (χ2n) is 4.48. The van der Waals surface area contributed by atoms with Crippen molar-refractivity contribution in [3.8, 4) is 0 Å². The second-order valence-corrected chi connectivity index (χ2v) is 4.48. The molecule has 0 spiro atoms. The Labute approximate surface area is 113 Å². The van der Waals surface area contributed by atoms with E-state index in [1.807, 2.05) is 0 Å². The highest BCUT2D eigenvalue weighted by molar-refractivity contribution is 5.87. The lowest BCUT2D eigenvalue weighted by Crippen LogP contribution is -2.34. The fraction of sp³-hybridized carbons (Fsp3) is 0.462. The molecule has 1 N–H and O–H groups in total. The van der Waals surface area contributed by atoms with Crippen molar-refractivity contribution in [1.82, 2.24) is 4.90 Å². The first-order valence-electron chi connectivity index (χ1n) is 6.03. The average Bonchev–Trinajstić information content (AvgIpc) is 2.25. The Morgan fingerprint density at radius 2 is 1.95 bits per heavy atom. The molecule has 0 unspecified atom stereocenters. The number of benzene rings is 1. The van der Waals surface area contributed by atoms with Gasteiger partial charge in [0.05, 0.1) is 12.1 Å². The number of halogens is 4. The molecule has 0 saturated carbocycles. The summed E-state index contributed by atoms with van der Waals surface area (Å²) in [6.45, 7) is 0.668. The molecule has 0 heterocycles. The van der Waals surface area contributed by atoms with Gasteiger partial charge in [0, 0.05) is 6.54 Å². The topological polar surface area (TPSA) is 40.5 Å². The van der Waals surface area contributed by atoms with Gasteiger partial charge >= 0.3 is 12.1 Å². The maximum atomic E-state index is 13.3. The van der Waals surface area contributed by atoms with Crippen LogP contribution in [0.4, 0.5) is 17.6 Å². The molecule has 0 saturated heterocycles. The largest absolute Gasteiger partial charge is 0.478 e. The van der Waals surface area contributed by atoms with E-state index < -0.39 is 24.5 Å². The number of carboxylic acid groups (broad SMARTS) is 1. The first kappa shape index (κ1) is 16.4. The van der Waals surface area contributed by atoms with Crippen LogP contribution in [-0.4, -0.2) is 35.2 Å². The normalized spacial score (nSPS) is 11.9. The van der Waals surface area contributed by atoms with Gasteiger partial charge in [-0.1, -0.05) is 6.92 Å². The van der Waals surface area contributed by atoms with E-state index in [0.717, 1.165) is 17.0 Å². The van der Waals surface area contributed by atoms with Crippen LogP contribution in [0.3, 0.4) is 0 Å². The fourth-order valence-electron chi connectivity index (χ4n) is 1.91. The van der Waals surface area contributed by atoms with Crippen molar-refractivity contribution in [1.29, 1.82) is 0 Å². The van der Waals surface area contributed by atoms with E-state index in [2.05, 4.69) is 0 Å². The van der Waals surface area contributed by atoms with Crippen molar-refractivity contribution in [2.75, 3.05) is 13.1 Å². The Morgan fingerprint density at radius 3 is 2.45 bits per heavy atom. The van der Waals surface area contributed by atoms with Crippen molar-refractivity contribution in [3.05, 3.63) is 35.1 Å². The third-order valence-electron chi connectivity index (χ3n) is 2.55. The molecule has 7 heteroatoms. The number of hydrogen-bond acceptors (Lipinski definition) is 2. The summed E-state index contributed by atoms with van der Waals surface area (Å²) in [4.78, 5) is 11.9. The molecule has 1 aromatic carbocycles. The van der Waals surface area contributed by atoms with Gasteiger partial charge in [-0.25, -0.2) is 9.18 Å². The summed E-state index contributed by atoms with van der Waals surface area (Å²) in [5, 5.41) is 8.80. The average molecular weight is 293 g/mol. The number of hydrogen-bond donors (Lipinski definition) is 1. The zero-order chi connectivity index (χ0) is 15.3. The summed E-state index contributed by atoms with van der Waals surface area (Å²) in [5.74, 6) is -2.09. The van der Waals surface area contributed by atoms with Crippen LogP contribution in [0.5, 0.6) is 0 Å². The quantitative estimate of drug-likeness (QED) is 0.818. The smallest absolute Gasteiger partial charge is 0.401 e. The third kappa shape index (κ3) is 5.56. The van der Waals surface area contributed by atoms with Crippen LogP contribution in [0.1, 0.15) is 29.3 Å². The monoisotopic (exact) mass is 293 g/mol. The van der Waals surface area contributed by atoms with E-state index in [9.17, 15) is 22.4 Å². The van der Waals surface area contributed by atoms with Crippen LogP contribution in [0.2, 0.25) is 0 Å². The molecule has 0 amide bonds. The first-order valence-corrected chi connectivity index (χ1v) is 6.03. The van der Waals surface area contributed by atoms with Crippen LogP contribution in [0, 0.1) is 5.82 Å². The molecule has 20 heavy (non-hydrogen) atoms. The molecule has 0 aliphatic rings. The number of carboxylic acids is 1. The Hall–Kier alpha value is -1.63. The summed E-state index contributed by atoms with van der Waals surface area (Å²) in [7, 11) is 0. The lowest BCUT2D eigenvalue weighted by molar-refractivity contribution is -0.147. The van der Waals surface area contributed by atoms with Gasteiger partial charge in [0.15, 0.2) is 0 Å². The highest BCUT2D eigenvalue weighted by Crippen LogP contribution is 2.19. The van der Waals surface area contributed by atoms with E-state index in [-0.39, 0.29) is 24.2 Å². The standard InChI is InChI=1S/C13H15F4NO2/c1-2-3-18(8-13(15,16)17)7-9-4-10(12(19)20)6-11(14)5-9/h4-6H,2-3,7-8H2,1H3,(H,19,20). The molecule has 1 aromatic rings. The van der Waals surface area contributed by atoms with Gasteiger partial charge in [-0.05, 0) is 36.7 Å². The van der Waals surface area contributed by atoms with Gasteiger partial charge in [0.2, 0.25) is 0 Å². The molecule has 3 nitrogen and oxygen atoms in total. The maximum absolute atomic E-state index is 13.3.